The largest absolute Gasteiger partial charge is 0.326 e. The van der Waals surface area contributed by atoms with Crippen LogP contribution in [-0.4, -0.2) is 18.5 Å². The van der Waals surface area contributed by atoms with E-state index in [1.165, 1.54) is 32.1 Å². The summed E-state index contributed by atoms with van der Waals surface area (Å²) >= 11 is 0. The number of benzene rings is 1. The lowest BCUT2D eigenvalue weighted by atomic mass is 9.89. The van der Waals surface area contributed by atoms with Gasteiger partial charge in [-0.2, -0.15) is 0 Å². The second-order valence-electron chi connectivity index (χ2n) is 5.83. The van der Waals surface area contributed by atoms with E-state index in [2.05, 4.69) is 11.9 Å². The first-order valence-corrected chi connectivity index (χ1v) is 7.35. The van der Waals surface area contributed by atoms with Crippen LogP contribution in [0.5, 0.6) is 0 Å². The zero-order valence-corrected chi connectivity index (χ0v) is 11.9. The molecular formula is C16H25FN2. The molecular weight excluding hydrogens is 239 g/mol. The van der Waals surface area contributed by atoms with Gasteiger partial charge in [0.1, 0.15) is 5.82 Å². The molecule has 2 nitrogen and oxygen atoms in total. The molecule has 0 atom stereocenters. The van der Waals surface area contributed by atoms with Crippen LogP contribution in [0.15, 0.2) is 18.2 Å². The molecule has 0 saturated heterocycles. The number of hydrogen-bond acceptors (Lipinski definition) is 2. The van der Waals surface area contributed by atoms with Crippen LogP contribution in [0.2, 0.25) is 0 Å². The Labute approximate surface area is 115 Å². The number of halogens is 1. The molecule has 1 saturated carbocycles. The highest BCUT2D eigenvalue weighted by molar-refractivity contribution is 5.24. The molecule has 106 valence electrons. The Morgan fingerprint density at radius 2 is 2.00 bits per heavy atom. The number of rotatable bonds is 5. The van der Waals surface area contributed by atoms with Crippen molar-refractivity contribution in [3.8, 4) is 0 Å². The Morgan fingerprint density at radius 3 is 2.63 bits per heavy atom. The van der Waals surface area contributed by atoms with Crippen molar-refractivity contribution in [3.63, 3.8) is 0 Å². The monoisotopic (exact) mass is 264 g/mol. The van der Waals surface area contributed by atoms with Gasteiger partial charge in [0.15, 0.2) is 0 Å². The third-order valence-corrected chi connectivity index (χ3v) is 4.09. The topological polar surface area (TPSA) is 29.3 Å². The zero-order valence-electron chi connectivity index (χ0n) is 11.9. The van der Waals surface area contributed by atoms with E-state index in [1.807, 2.05) is 12.1 Å². The standard InChI is InChI=1S/C16H25FN2/c1-19(11-13-5-3-2-4-6-13)12-15-8-7-14(10-18)9-16(15)17/h7-9,13H,2-6,10-12,18H2,1H3. The molecule has 2 rings (SSSR count). The van der Waals surface area contributed by atoms with Crippen molar-refractivity contribution in [3.05, 3.63) is 35.1 Å². The molecule has 1 aromatic carbocycles. The van der Waals surface area contributed by atoms with Gasteiger partial charge >= 0.3 is 0 Å². The number of nitrogens with two attached hydrogens (primary N) is 1. The van der Waals surface area contributed by atoms with Crippen LogP contribution in [-0.2, 0) is 13.1 Å². The fraction of sp³-hybridized carbons (Fsp3) is 0.625. The molecule has 0 spiro atoms. The van der Waals surface area contributed by atoms with Crippen molar-refractivity contribution in [2.45, 2.75) is 45.2 Å². The van der Waals surface area contributed by atoms with E-state index < -0.39 is 0 Å². The minimum atomic E-state index is -0.126. The normalized spacial score (nSPS) is 17.1. The smallest absolute Gasteiger partial charge is 0.128 e. The highest BCUT2D eigenvalue weighted by Crippen LogP contribution is 2.24. The first-order valence-electron chi connectivity index (χ1n) is 7.35. The van der Waals surface area contributed by atoms with Gasteiger partial charge in [0, 0.05) is 25.2 Å². The van der Waals surface area contributed by atoms with Crippen LogP contribution in [0.1, 0.15) is 43.2 Å². The summed E-state index contributed by atoms with van der Waals surface area (Å²) < 4.78 is 13.9. The van der Waals surface area contributed by atoms with Crippen molar-refractivity contribution in [1.29, 1.82) is 0 Å². The lowest BCUT2D eigenvalue weighted by Crippen LogP contribution is -2.27. The van der Waals surface area contributed by atoms with Gasteiger partial charge in [0.05, 0.1) is 0 Å². The van der Waals surface area contributed by atoms with Crippen molar-refractivity contribution < 1.29 is 4.39 Å². The van der Waals surface area contributed by atoms with Crippen molar-refractivity contribution in [2.75, 3.05) is 13.6 Å². The highest BCUT2D eigenvalue weighted by Gasteiger charge is 2.16. The highest BCUT2D eigenvalue weighted by atomic mass is 19.1. The average Bonchev–Trinajstić information content (AvgIpc) is 2.42. The van der Waals surface area contributed by atoms with Gasteiger partial charge in [0.2, 0.25) is 0 Å². The van der Waals surface area contributed by atoms with Gasteiger partial charge in [-0.1, -0.05) is 31.4 Å². The van der Waals surface area contributed by atoms with Crippen molar-refractivity contribution >= 4 is 0 Å². The third-order valence-electron chi connectivity index (χ3n) is 4.09. The van der Waals surface area contributed by atoms with Crippen LogP contribution in [0.3, 0.4) is 0 Å². The van der Waals surface area contributed by atoms with Crippen molar-refractivity contribution in [2.24, 2.45) is 11.7 Å². The molecule has 1 aliphatic carbocycles. The fourth-order valence-corrected chi connectivity index (χ4v) is 3.01. The molecule has 0 heterocycles. The quantitative estimate of drug-likeness (QED) is 0.884. The molecule has 1 aromatic rings. The lowest BCUT2D eigenvalue weighted by molar-refractivity contribution is 0.226. The Morgan fingerprint density at radius 1 is 1.26 bits per heavy atom. The molecule has 3 heteroatoms. The predicted octanol–water partition coefficient (Wildman–Crippen LogP) is 3.30. The van der Waals surface area contributed by atoms with Gasteiger partial charge in [-0.25, -0.2) is 4.39 Å². The molecule has 0 radical (unpaired) electrons. The summed E-state index contributed by atoms with van der Waals surface area (Å²) in [6, 6.07) is 5.35. The van der Waals surface area contributed by atoms with E-state index in [4.69, 9.17) is 5.73 Å². The summed E-state index contributed by atoms with van der Waals surface area (Å²) in [5.74, 6) is 0.670. The Bertz CT molecular complexity index is 400. The summed E-state index contributed by atoms with van der Waals surface area (Å²) in [5.41, 5.74) is 7.15. The van der Waals surface area contributed by atoms with Gasteiger partial charge in [-0.15, -0.1) is 0 Å². The molecule has 0 aromatic heterocycles. The predicted molar refractivity (Wildman–Crippen MR) is 77.2 cm³/mol. The van der Waals surface area contributed by atoms with Gasteiger partial charge in [0.25, 0.3) is 0 Å². The van der Waals surface area contributed by atoms with Crippen LogP contribution >= 0.6 is 0 Å². The molecule has 19 heavy (non-hydrogen) atoms. The summed E-state index contributed by atoms with van der Waals surface area (Å²) in [4.78, 5) is 2.25. The molecule has 0 unspecified atom stereocenters. The number of nitrogens with zero attached hydrogens (tertiary/aromatic N) is 1. The Balaban J connectivity index is 1.88. The van der Waals surface area contributed by atoms with E-state index >= 15 is 0 Å². The molecule has 0 amide bonds. The number of hydrogen-bond donors (Lipinski definition) is 1. The molecule has 2 N–H and O–H groups in total. The molecule has 0 aliphatic heterocycles. The van der Waals surface area contributed by atoms with Gasteiger partial charge in [-0.05, 0) is 37.4 Å². The third kappa shape index (κ3) is 4.29. The minimum Gasteiger partial charge on any atom is -0.326 e. The van der Waals surface area contributed by atoms with E-state index in [0.29, 0.717) is 13.1 Å². The van der Waals surface area contributed by atoms with Gasteiger partial charge in [-0.3, -0.25) is 0 Å². The Kier molecular flexibility index (Phi) is 5.34. The van der Waals surface area contributed by atoms with Crippen LogP contribution in [0.25, 0.3) is 0 Å². The summed E-state index contributed by atoms with van der Waals surface area (Å²) in [6.07, 6.45) is 6.77. The van der Waals surface area contributed by atoms with E-state index in [-0.39, 0.29) is 5.82 Å². The maximum absolute atomic E-state index is 13.9. The molecule has 1 fully saturated rings. The average molecular weight is 264 g/mol. The lowest BCUT2D eigenvalue weighted by Gasteiger charge is -2.27. The first kappa shape index (κ1) is 14.5. The molecule has 1 aliphatic rings. The van der Waals surface area contributed by atoms with Crippen LogP contribution in [0, 0.1) is 11.7 Å². The maximum Gasteiger partial charge on any atom is 0.128 e. The summed E-state index contributed by atoms with van der Waals surface area (Å²) in [6.45, 7) is 2.17. The van der Waals surface area contributed by atoms with Gasteiger partial charge < -0.3 is 10.6 Å². The zero-order chi connectivity index (χ0) is 13.7. The van der Waals surface area contributed by atoms with E-state index in [9.17, 15) is 4.39 Å². The second-order valence-corrected chi connectivity index (χ2v) is 5.83. The minimum absolute atomic E-state index is 0.126. The second kappa shape index (κ2) is 7.01. The summed E-state index contributed by atoms with van der Waals surface area (Å²) in [5, 5.41) is 0. The van der Waals surface area contributed by atoms with E-state index in [0.717, 1.165) is 23.6 Å². The van der Waals surface area contributed by atoms with Crippen LogP contribution < -0.4 is 5.73 Å². The fourth-order valence-electron chi connectivity index (χ4n) is 3.01. The maximum atomic E-state index is 13.9. The van der Waals surface area contributed by atoms with E-state index in [1.54, 1.807) is 6.07 Å². The van der Waals surface area contributed by atoms with Crippen LogP contribution in [0.4, 0.5) is 4.39 Å². The first-order chi connectivity index (χ1) is 9.19. The van der Waals surface area contributed by atoms with Crippen molar-refractivity contribution in [1.82, 2.24) is 4.90 Å². The SMILES string of the molecule is CN(Cc1ccc(CN)cc1F)CC1CCCCC1. The summed E-state index contributed by atoms with van der Waals surface area (Å²) in [7, 11) is 2.09. The molecule has 0 bridgehead atoms. The Hall–Kier alpha value is -0.930.